The maximum Gasteiger partial charge on any atom is 0.310 e. The first-order chi connectivity index (χ1) is 22.0. The molecule has 0 bridgehead atoms. The molecule has 2 rings (SSSR count). The van der Waals surface area contributed by atoms with Crippen LogP contribution in [0, 0.1) is 40.4 Å². The molecule has 0 aliphatic heterocycles. The number of hydrogen-bond donors (Lipinski definition) is 4. The van der Waals surface area contributed by atoms with Crippen molar-refractivity contribution in [2.24, 2.45) is 40.4 Å². The van der Waals surface area contributed by atoms with Gasteiger partial charge in [0.2, 0.25) is 0 Å². The summed E-state index contributed by atoms with van der Waals surface area (Å²) in [7, 11) is 0. The lowest BCUT2D eigenvalue weighted by Gasteiger charge is -2.32. The van der Waals surface area contributed by atoms with E-state index in [0.29, 0.717) is 44.9 Å². The minimum Gasteiger partial charge on any atom is -0.465 e. The average Bonchev–Trinajstić information content (AvgIpc) is 3.07. The molecule has 2 aliphatic rings. The minimum absolute atomic E-state index is 0.0637. The van der Waals surface area contributed by atoms with Crippen LogP contribution in [0.25, 0.3) is 0 Å². The van der Waals surface area contributed by atoms with Crippen molar-refractivity contribution in [1.82, 2.24) is 0 Å². The maximum atomic E-state index is 13.0. The van der Waals surface area contributed by atoms with Crippen LogP contribution in [0.3, 0.4) is 0 Å². The number of carbonyl (C=O) groups excluding carboxylic acids is 4. The number of allylic oxidation sites excluding steroid dienone is 4. The van der Waals surface area contributed by atoms with Crippen LogP contribution in [-0.2, 0) is 38.1 Å². The van der Waals surface area contributed by atoms with E-state index in [1.54, 1.807) is 13.8 Å². The first-order valence-electron chi connectivity index (χ1n) is 16.4. The summed E-state index contributed by atoms with van der Waals surface area (Å²) in [6.45, 7) is 5.75. The highest BCUT2D eigenvalue weighted by molar-refractivity contribution is 5.84. The predicted octanol–water partition coefficient (Wildman–Crippen LogP) is 2.50. The molecule has 12 nitrogen and oxygen atoms in total. The summed E-state index contributed by atoms with van der Waals surface area (Å²) in [6.07, 6.45) is 8.22. The Hall–Kier alpha value is -2.80. The highest BCUT2D eigenvalue weighted by atomic mass is 16.6. The van der Waals surface area contributed by atoms with E-state index in [0.717, 1.165) is 5.57 Å². The van der Waals surface area contributed by atoms with Crippen LogP contribution >= 0.6 is 0 Å². The van der Waals surface area contributed by atoms with E-state index >= 15 is 0 Å². The Bertz CT molecular complexity index is 1040. The van der Waals surface area contributed by atoms with Gasteiger partial charge in [-0.15, -0.1) is 0 Å². The molecular formula is C34H54O12. The molecule has 46 heavy (non-hydrogen) atoms. The minimum atomic E-state index is -0.940. The zero-order chi connectivity index (χ0) is 34.3. The molecule has 0 aromatic heterocycles. The second kappa shape index (κ2) is 19.1. The molecule has 0 spiro atoms. The third-order valence-corrected chi connectivity index (χ3v) is 9.67. The van der Waals surface area contributed by atoms with Crippen LogP contribution in [-0.4, -0.2) is 97.2 Å². The Balaban J connectivity index is 1.84. The topological polar surface area (TPSA) is 186 Å². The second-order valence-corrected chi connectivity index (χ2v) is 13.0. The maximum absolute atomic E-state index is 13.0. The van der Waals surface area contributed by atoms with Crippen LogP contribution < -0.4 is 0 Å². The molecule has 0 saturated heterocycles. The van der Waals surface area contributed by atoms with Crippen LogP contribution in [0.15, 0.2) is 23.8 Å². The predicted molar refractivity (Wildman–Crippen MR) is 167 cm³/mol. The lowest BCUT2D eigenvalue weighted by atomic mass is 9.76. The largest absolute Gasteiger partial charge is 0.465 e. The molecule has 4 N–H and O–H groups in total. The van der Waals surface area contributed by atoms with Gasteiger partial charge in [-0.1, -0.05) is 44.6 Å². The van der Waals surface area contributed by atoms with E-state index < -0.39 is 58.4 Å². The molecule has 0 amide bonds. The smallest absolute Gasteiger partial charge is 0.310 e. The van der Waals surface area contributed by atoms with Gasteiger partial charge in [-0.05, 0) is 57.8 Å². The quantitative estimate of drug-likeness (QED) is 0.0691. The third kappa shape index (κ3) is 10.6. The van der Waals surface area contributed by atoms with Crippen molar-refractivity contribution in [3.8, 4) is 0 Å². The monoisotopic (exact) mass is 654 g/mol. The number of hydrogen-bond acceptors (Lipinski definition) is 12. The molecule has 0 radical (unpaired) electrons. The Kier molecular flexibility index (Phi) is 16.4. The zero-order valence-corrected chi connectivity index (χ0v) is 27.8. The zero-order valence-electron chi connectivity index (χ0n) is 27.8. The van der Waals surface area contributed by atoms with Gasteiger partial charge in [0.25, 0.3) is 0 Å². The van der Waals surface area contributed by atoms with Gasteiger partial charge in [-0.2, -0.15) is 0 Å². The number of rotatable bonds is 19. The Morgan fingerprint density at radius 2 is 1.20 bits per heavy atom. The summed E-state index contributed by atoms with van der Waals surface area (Å²) >= 11 is 0. The first kappa shape index (κ1) is 39.4. The number of unbranched alkanes of at least 4 members (excludes halogenated alkanes) is 1. The van der Waals surface area contributed by atoms with Crippen molar-refractivity contribution in [2.45, 2.75) is 72.6 Å². The van der Waals surface area contributed by atoms with Gasteiger partial charge >= 0.3 is 23.9 Å². The molecule has 2 aliphatic carbocycles. The average molecular weight is 655 g/mol. The summed E-state index contributed by atoms with van der Waals surface area (Å²) < 4.78 is 21.9. The molecule has 0 aromatic rings. The SMILES string of the molecule is CCC(CO)(CO)COC(=O)C1CC=C(C)CC1C(=O)OCCCCOC(=O)C1C(C)C=CCC1C(=O)OCC(CC)(CO)CO. The van der Waals surface area contributed by atoms with E-state index in [1.165, 1.54) is 0 Å². The molecule has 0 aromatic carbocycles. The van der Waals surface area contributed by atoms with Crippen molar-refractivity contribution in [2.75, 3.05) is 52.9 Å². The van der Waals surface area contributed by atoms with Gasteiger partial charge in [0.05, 0.1) is 74.1 Å². The Morgan fingerprint density at radius 1 is 0.717 bits per heavy atom. The lowest BCUT2D eigenvalue weighted by molar-refractivity contribution is -0.166. The van der Waals surface area contributed by atoms with E-state index in [4.69, 9.17) is 18.9 Å². The highest BCUT2D eigenvalue weighted by Crippen LogP contribution is 2.34. The van der Waals surface area contributed by atoms with E-state index in [9.17, 15) is 39.6 Å². The number of aliphatic hydroxyl groups is 4. The molecule has 262 valence electrons. The van der Waals surface area contributed by atoms with E-state index in [1.807, 2.05) is 32.1 Å². The molecule has 0 fully saturated rings. The summed E-state index contributed by atoms with van der Waals surface area (Å²) in [5.74, 6) is -5.40. The van der Waals surface area contributed by atoms with Gasteiger partial charge in [-0.3, -0.25) is 19.2 Å². The van der Waals surface area contributed by atoms with E-state index in [2.05, 4.69) is 0 Å². The molecule has 5 atom stereocenters. The van der Waals surface area contributed by atoms with Crippen molar-refractivity contribution >= 4 is 23.9 Å². The van der Waals surface area contributed by atoms with Crippen molar-refractivity contribution in [3.05, 3.63) is 23.8 Å². The van der Waals surface area contributed by atoms with Gasteiger partial charge in [0.15, 0.2) is 0 Å². The molecule has 0 saturated carbocycles. The Morgan fingerprint density at radius 3 is 1.70 bits per heavy atom. The summed E-state index contributed by atoms with van der Waals surface area (Å²) in [4.78, 5) is 51.9. The van der Waals surface area contributed by atoms with Gasteiger partial charge < -0.3 is 39.4 Å². The number of carbonyl (C=O) groups is 4. The van der Waals surface area contributed by atoms with Crippen LogP contribution in [0.2, 0.25) is 0 Å². The summed E-state index contributed by atoms with van der Waals surface area (Å²) in [6, 6.07) is 0. The fourth-order valence-corrected chi connectivity index (χ4v) is 5.62. The van der Waals surface area contributed by atoms with Gasteiger partial charge in [0, 0.05) is 0 Å². The summed E-state index contributed by atoms with van der Waals surface area (Å²) in [5, 5.41) is 38.6. The van der Waals surface area contributed by atoms with Crippen LogP contribution in [0.1, 0.15) is 72.6 Å². The number of ether oxygens (including phenoxy) is 4. The molecular weight excluding hydrogens is 600 g/mol. The summed E-state index contributed by atoms with van der Waals surface area (Å²) in [5.41, 5.74) is -0.912. The standard InChI is InChI=1S/C34H54O12/c1-5-33(17-35,18-36)21-45-29(39)25-13-12-23(3)16-27(25)31(41)43-14-7-8-15-44-32(42)28-24(4)10-9-11-26(28)30(40)46-22-34(6-2,19-37)20-38/h9-10,12,24-28,35-38H,5-8,11,13-22H2,1-4H3. The molecule has 5 unspecified atom stereocenters. The lowest BCUT2D eigenvalue weighted by Crippen LogP contribution is -2.41. The molecule has 0 heterocycles. The Labute approximate surface area is 272 Å². The number of esters is 4. The van der Waals surface area contributed by atoms with Crippen LogP contribution in [0.4, 0.5) is 0 Å². The first-order valence-corrected chi connectivity index (χ1v) is 16.4. The van der Waals surface area contributed by atoms with Crippen molar-refractivity contribution in [1.29, 1.82) is 0 Å². The van der Waals surface area contributed by atoms with Gasteiger partial charge in [-0.25, -0.2) is 0 Å². The fraction of sp³-hybridized carbons (Fsp3) is 0.765. The van der Waals surface area contributed by atoms with Crippen molar-refractivity contribution < 1.29 is 58.6 Å². The number of aliphatic hydroxyl groups excluding tert-OH is 4. The second-order valence-electron chi connectivity index (χ2n) is 13.0. The normalized spacial score (nSPS) is 23.3. The highest BCUT2D eigenvalue weighted by Gasteiger charge is 2.42. The molecule has 12 heteroatoms. The van der Waals surface area contributed by atoms with E-state index in [-0.39, 0.29) is 58.8 Å². The van der Waals surface area contributed by atoms with Crippen LogP contribution in [0.5, 0.6) is 0 Å². The third-order valence-electron chi connectivity index (χ3n) is 9.67. The van der Waals surface area contributed by atoms with Gasteiger partial charge in [0.1, 0.15) is 13.2 Å². The van der Waals surface area contributed by atoms with Crippen molar-refractivity contribution in [3.63, 3.8) is 0 Å². The fourth-order valence-electron chi connectivity index (χ4n) is 5.62.